The van der Waals surface area contributed by atoms with Crippen molar-refractivity contribution in [3.05, 3.63) is 188 Å². The second-order valence-corrected chi connectivity index (χ2v) is 15.5. The normalized spacial score (nSPS) is 11.9. The molecule has 0 aliphatic carbocycles. The number of thiophene rings is 1. The number of fused-ring (bicyclic) bond motifs is 9. The van der Waals surface area contributed by atoms with Crippen LogP contribution in [0, 0.1) is 0 Å². The van der Waals surface area contributed by atoms with E-state index in [1.54, 1.807) is 0 Å². The molecule has 0 saturated heterocycles. The largest absolute Gasteiger partial charge is 0.309 e. The van der Waals surface area contributed by atoms with Gasteiger partial charge in [-0.25, -0.2) is 4.98 Å². The molecule has 0 saturated carbocycles. The Morgan fingerprint density at radius 1 is 0.316 bits per heavy atom. The number of benzene rings is 8. The molecule has 57 heavy (non-hydrogen) atoms. The second-order valence-electron chi connectivity index (χ2n) is 14.5. The van der Waals surface area contributed by atoms with Crippen LogP contribution in [0.3, 0.4) is 0 Å². The smallest absolute Gasteiger partial charge is 0.238 e. The Morgan fingerprint density at radius 3 is 1.60 bits per heavy atom. The van der Waals surface area contributed by atoms with Gasteiger partial charge in [-0.1, -0.05) is 133 Å². The molecule has 12 rings (SSSR count). The van der Waals surface area contributed by atoms with Gasteiger partial charge in [-0.15, -0.1) is 11.3 Å². The minimum Gasteiger partial charge on any atom is -0.309 e. The van der Waals surface area contributed by atoms with Gasteiger partial charge in [-0.2, -0.15) is 9.97 Å². The van der Waals surface area contributed by atoms with E-state index in [4.69, 9.17) is 15.0 Å². The van der Waals surface area contributed by atoms with Crippen LogP contribution in [-0.4, -0.2) is 24.1 Å². The molecule has 0 spiro atoms. The van der Waals surface area contributed by atoms with Gasteiger partial charge in [0.25, 0.3) is 0 Å². The summed E-state index contributed by atoms with van der Waals surface area (Å²) >= 11 is 1.85. The Hall–Kier alpha value is -7.41. The predicted molar refractivity (Wildman–Crippen MR) is 238 cm³/mol. The lowest BCUT2D eigenvalue weighted by Gasteiger charge is -2.11. The highest BCUT2D eigenvalue weighted by Gasteiger charge is 2.20. The molecule has 0 aliphatic rings. The molecule has 6 heteroatoms. The topological polar surface area (TPSA) is 48.5 Å². The fourth-order valence-corrected chi connectivity index (χ4v) is 9.63. The zero-order valence-electron chi connectivity index (χ0n) is 30.5. The Bertz CT molecular complexity index is 3470. The molecule has 0 amide bonds. The maximum atomic E-state index is 5.15. The summed E-state index contributed by atoms with van der Waals surface area (Å²) < 4.78 is 7.23. The van der Waals surface area contributed by atoms with Crippen molar-refractivity contribution < 1.29 is 0 Å². The summed E-state index contributed by atoms with van der Waals surface area (Å²) in [5.41, 5.74) is 9.77. The molecule has 8 aromatic carbocycles. The Kier molecular flexibility index (Phi) is 7.03. The number of para-hydroxylation sites is 2. The lowest BCUT2D eigenvalue weighted by molar-refractivity contribution is 0.953. The maximum absolute atomic E-state index is 5.15. The van der Waals surface area contributed by atoms with Crippen LogP contribution >= 0.6 is 11.3 Å². The average molecular weight is 746 g/mol. The summed E-state index contributed by atoms with van der Waals surface area (Å²) in [4.78, 5) is 15.3. The van der Waals surface area contributed by atoms with Gasteiger partial charge in [0.1, 0.15) is 0 Å². The van der Waals surface area contributed by atoms with E-state index in [1.807, 2.05) is 72.0 Å². The standard InChI is InChI=1S/C51H31N5S/c1-3-13-32(14-4-1)49-52-50(33-15-5-2-6-16-33)54-51(53-49)56-44-21-11-7-17-37(44)39-26-23-35(30-46(39)56)34-24-27-45-41(29-34)38-18-8-10-20-43(38)55(45)36-25-28-48-42(31-36)40-19-9-12-22-47(40)57-48/h1-31H. The monoisotopic (exact) mass is 745 g/mol. The van der Waals surface area contributed by atoms with E-state index in [2.05, 4.69) is 137 Å². The van der Waals surface area contributed by atoms with Crippen molar-refractivity contribution in [3.8, 4) is 45.5 Å². The highest BCUT2D eigenvalue weighted by molar-refractivity contribution is 7.25. The first kappa shape index (κ1) is 31.9. The number of nitrogens with zero attached hydrogens (tertiary/aromatic N) is 5. The molecule has 0 radical (unpaired) electrons. The van der Waals surface area contributed by atoms with E-state index in [0.29, 0.717) is 17.6 Å². The summed E-state index contributed by atoms with van der Waals surface area (Å²) in [5, 5.41) is 7.34. The third kappa shape index (κ3) is 5.04. The molecule has 0 bridgehead atoms. The van der Waals surface area contributed by atoms with Crippen LogP contribution < -0.4 is 0 Å². The van der Waals surface area contributed by atoms with Crippen LogP contribution in [0.2, 0.25) is 0 Å². The van der Waals surface area contributed by atoms with Gasteiger partial charge in [0.05, 0.1) is 22.1 Å². The number of hydrogen-bond donors (Lipinski definition) is 0. The van der Waals surface area contributed by atoms with Crippen LogP contribution in [0.5, 0.6) is 0 Å². The summed E-state index contributed by atoms with van der Waals surface area (Å²) in [6, 6.07) is 66.8. The highest BCUT2D eigenvalue weighted by Crippen LogP contribution is 2.40. The van der Waals surface area contributed by atoms with Crippen molar-refractivity contribution in [2.75, 3.05) is 0 Å². The third-order valence-corrected chi connectivity index (χ3v) is 12.3. The van der Waals surface area contributed by atoms with E-state index in [1.165, 1.54) is 42.0 Å². The number of aromatic nitrogens is 5. The first-order chi connectivity index (χ1) is 28.2. The van der Waals surface area contributed by atoms with Gasteiger partial charge >= 0.3 is 0 Å². The third-order valence-electron chi connectivity index (χ3n) is 11.2. The van der Waals surface area contributed by atoms with Crippen molar-refractivity contribution in [1.29, 1.82) is 0 Å². The summed E-state index contributed by atoms with van der Waals surface area (Å²) in [6.45, 7) is 0. The van der Waals surface area contributed by atoms with E-state index in [9.17, 15) is 0 Å². The molecule has 0 N–H and O–H groups in total. The first-order valence-corrected chi connectivity index (χ1v) is 19.9. The molecule has 12 aromatic rings. The van der Waals surface area contributed by atoms with E-state index in [-0.39, 0.29) is 0 Å². The fraction of sp³-hybridized carbons (Fsp3) is 0. The van der Waals surface area contributed by atoms with Crippen LogP contribution in [0.4, 0.5) is 0 Å². The summed E-state index contributed by atoms with van der Waals surface area (Å²) in [7, 11) is 0. The molecule has 0 atom stereocenters. The van der Waals surface area contributed by atoms with Crippen LogP contribution in [-0.2, 0) is 0 Å². The van der Waals surface area contributed by atoms with Crippen LogP contribution in [0.25, 0.3) is 109 Å². The van der Waals surface area contributed by atoms with Crippen LogP contribution in [0.15, 0.2) is 188 Å². The lowest BCUT2D eigenvalue weighted by Crippen LogP contribution is -2.06. The van der Waals surface area contributed by atoms with Crippen molar-refractivity contribution in [3.63, 3.8) is 0 Å². The lowest BCUT2D eigenvalue weighted by atomic mass is 10.0. The Labute approximate surface area is 331 Å². The molecule has 4 heterocycles. The Balaban J connectivity index is 1.05. The van der Waals surface area contributed by atoms with Gasteiger partial charge < -0.3 is 4.57 Å². The number of rotatable bonds is 5. The Morgan fingerprint density at radius 2 is 0.860 bits per heavy atom. The van der Waals surface area contributed by atoms with Crippen molar-refractivity contribution in [2.45, 2.75) is 0 Å². The number of hydrogen-bond acceptors (Lipinski definition) is 4. The van der Waals surface area contributed by atoms with Crippen LogP contribution in [0.1, 0.15) is 0 Å². The van der Waals surface area contributed by atoms with Gasteiger partial charge in [0.15, 0.2) is 11.6 Å². The molecule has 4 aromatic heterocycles. The van der Waals surface area contributed by atoms with Crippen molar-refractivity contribution >= 4 is 75.1 Å². The highest BCUT2D eigenvalue weighted by atomic mass is 32.1. The van der Waals surface area contributed by atoms with Gasteiger partial charge in [0, 0.05) is 58.5 Å². The quantitative estimate of drug-likeness (QED) is 0.176. The van der Waals surface area contributed by atoms with E-state index >= 15 is 0 Å². The molecular weight excluding hydrogens is 715 g/mol. The molecular formula is C51H31N5S. The van der Waals surface area contributed by atoms with E-state index < -0.39 is 0 Å². The molecule has 0 unspecified atom stereocenters. The first-order valence-electron chi connectivity index (χ1n) is 19.1. The van der Waals surface area contributed by atoms with E-state index in [0.717, 1.165) is 49.7 Å². The molecule has 0 aliphatic heterocycles. The molecule has 266 valence electrons. The van der Waals surface area contributed by atoms with Crippen molar-refractivity contribution in [2.24, 2.45) is 0 Å². The minimum atomic E-state index is 0.583. The molecule has 0 fully saturated rings. The fourth-order valence-electron chi connectivity index (χ4n) is 8.55. The van der Waals surface area contributed by atoms with Crippen molar-refractivity contribution in [1.82, 2.24) is 24.1 Å². The summed E-state index contributed by atoms with van der Waals surface area (Å²) in [6.07, 6.45) is 0. The maximum Gasteiger partial charge on any atom is 0.238 e. The van der Waals surface area contributed by atoms with Gasteiger partial charge in [-0.05, 0) is 65.7 Å². The predicted octanol–water partition coefficient (Wildman–Crippen LogP) is 13.4. The second kappa shape index (κ2) is 12.6. The SMILES string of the molecule is c1ccc(-c2nc(-c3ccccc3)nc(-n3c4ccccc4c4ccc(-c5ccc6c(c5)c5ccccc5n6-c5ccc6sc7ccccc7c6c5)cc43)n2)cc1. The summed E-state index contributed by atoms with van der Waals surface area (Å²) in [5.74, 6) is 1.85. The van der Waals surface area contributed by atoms with Gasteiger partial charge in [0.2, 0.25) is 5.95 Å². The minimum absolute atomic E-state index is 0.583. The van der Waals surface area contributed by atoms with Gasteiger partial charge in [-0.3, -0.25) is 4.57 Å². The zero-order chi connectivity index (χ0) is 37.5. The average Bonchev–Trinajstić information content (AvgIpc) is 3.94. The zero-order valence-corrected chi connectivity index (χ0v) is 31.4. The molecule has 5 nitrogen and oxygen atoms in total.